The van der Waals surface area contributed by atoms with Gasteiger partial charge >= 0.3 is 0 Å². The van der Waals surface area contributed by atoms with Gasteiger partial charge in [-0.05, 0) is 19.1 Å². The summed E-state index contributed by atoms with van der Waals surface area (Å²) in [4.78, 5) is 22.9. The number of ether oxygens (including phenoxy) is 1. The van der Waals surface area contributed by atoms with E-state index in [1.807, 2.05) is 49.2 Å². The van der Waals surface area contributed by atoms with Crippen LogP contribution in [0.15, 0.2) is 36.5 Å². The van der Waals surface area contributed by atoms with Gasteiger partial charge in [-0.15, -0.1) is 0 Å². The fourth-order valence-electron chi connectivity index (χ4n) is 3.16. The Kier molecular flexibility index (Phi) is 4.14. The first-order valence-corrected chi connectivity index (χ1v) is 8.38. The maximum atomic E-state index is 11.9. The molecule has 0 unspecified atom stereocenters. The van der Waals surface area contributed by atoms with Crippen molar-refractivity contribution in [3.05, 3.63) is 47.9 Å². The fraction of sp³-hybridized carbons (Fsp3) is 0.333. The molecule has 1 aliphatic rings. The first-order valence-electron chi connectivity index (χ1n) is 8.38. The topological polar surface area (TPSA) is 92.9 Å². The van der Waals surface area contributed by atoms with Crippen LogP contribution in [0.1, 0.15) is 23.9 Å². The number of aromatic nitrogens is 4. The van der Waals surface area contributed by atoms with Crippen molar-refractivity contribution >= 4 is 23.1 Å². The lowest BCUT2D eigenvalue weighted by Crippen LogP contribution is -2.19. The highest BCUT2D eigenvalue weighted by atomic mass is 16.5. The van der Waals surface area contributed by atoms with E-state index in [1.165, 1.54) is 0 Å². The minimum atomic E-state index is -0.774. The van der Waals surface area contributed by atoms with Gasteiger partial charge < -0.3 is 14.7 Å². The molecule has 0 radical (unpaired) electrons. The summed E-state index contributed by atoms with van der Waals surface area (Å²) in [6, 6.07) is 9.84. The lowest BCUT2D eigenvalue weighted by atomic mass is 10.1. The molecule has 8 nitrogen and oxygen atoms in total. The van der Waals surface area contributed by atoms with Crippen LogP contribution in [0.2, 0.25) is 0 Å². The number of Topliss-reactive ketones (excluding diaryl/α,β-unsaturated/α-hetero) is 1. The lowest BCUT2D eigenvalue weighted by Gasteiger charge is -2.19. The van der Waals surface area contributed by atoms with Gasteiger partial charge in [0.25, 0.3) is 0 Å². The third kappa shape index (κ3) is 2.73. The average molecular weight is 353 g/mol. The van der Waals surface area contributed by atoms with E-state index in [9.17, 15) is 9.90 Å². The summed E-state index contributed by atoms with van der Waals surface area (Å²) in [6.07, 6.45) is 0.633. The SMILES string of the molecule is Cc1nc(N(C)c2ccccc2)n2ncc([C@H]3CC(=O)[C@@H](CO)O3)c2n1. The summed E-state index contributed by atoms with van der Waals surface area (Å²) >= 11 is 0. The van der Waals surface area contributed by atoms with Crippen molar-refractivity contribution in [1.29, 1.82) is 0 Å². The molecule has 26 heavy (non-hydrogen) atoms. The monoisotopic (exact) mass is 353 g/mol. The zero-order chi connectivity index (χ0) is 18.3. The Hall–Kier alpha value is -2.84. The molecule has 0 spiro atoms. The Morgan fingerprint density at radius 2 is 2.08 bits per heavy atom. The number of rotatable bonds is 4. The minimum absolute atomic E-state index is 0.107. The van der Waals surface area contributed by atoms with Crippen LogP contribution in [0, 0.1) is 6.92 Å². The van der Waals surface area contributed by atoms with Gasteiger partial charge in [-0.3, -0.25) is 4.79 Å². The van der Waals surface area contributed by atoms with E-state index < -0.39 is 12.2 Å². The van der Waals surface area contributed by atoms with Crippen LogP contribution in [-0.4, -0.2) is 50.2 Å². The van der Waals surface area contributed by atoms with Crippen LogP contribution >= 0.6 is 0 Å². The van der Waals surface area contributed by atoms with Crippen LogP contribution in [-0.2, 0) is 9.53 Å². The molecule has 0 saturated carbocycles. The molecule has 1 N–H and O–H groups in total. The van der Waals surface area contributed by atoms with E-state index >= 15 is 0 Å². The van der Waals surface area contributed by atoms with E-state index in [4.69, 9.17) is 4.74 Å². The standard InChI is InChI=1S/C18H19N5O3/c1-11-20-17-13(15-8-14(25)16(10-24)26-15)9-19-23(17)18(21-11)22(2)12-6-4-3-5-7-12/h3-7,9,15-16,24H,8,10H2,1-2H3/t15-,16-/m1/s1. The molecule has 0 amide bonds. The molecular formula is C18H19N5O3. The Balaban J connectivity index is 1.78. The minimum Gasteiger partial charge on any atom is -0.393 e. The maximum absolute atomic E-state index is 11.9. The van der Waals surface area contributed by atoms with Crippen molar-refractivity contribution in [2.45, 2.75) is 25.6 Å². The first-order chi connectivity index (χ1) is 12.6. The molecule has 3 aromatic rings. The third-order valence-corrected chi connectivity index (χ3v) is 4.52. The summed E-state index contributed by atoms with van der Waals surface area (Å²) in [5.74, 6) is 1.11. The molecule has 2 atom stereocenters. The predicted molar refractivity (Wildman–Crippen MR) is 94.3 cm³/mol. The van der Waals surface area contributed by atoms with Crippen LogP contribution in [0.3, 0.4) is 0 Å². The Morgan fingerprint density at radius 3 is 2.77 bits per heavy atom. The number of anilines is 2. The van der Waals surface area contributed by atoms with Gasteiger partial charge in [0.2, 0.25) is 5.95 Å². The number of carbonyl (C=O) groups excluding carboxylic acids is 1. The number of para-hydroxylation sites is 1. The van der Waals surface area contributed by atoms with Crippen molar-refractivity contribution in [3.8, 4) is 0 Å². The number of carbonyl (C=O) groups is 1. The van der Waals surface area contributed by atoms with Crippen molar-refractivity contribution in [1.82, 2.24) is 19.6 Å². The van der Waals surface area contributed by atoms with Gasteiger partial charge in [0.1, 0.15) is 11.9 Å². The third-order valence-electron chi connectivity index (χ3n) is 4.52. The van der Waals surface area contributed by atoms with Gasteiger partial charge in [0.05, 0.1) is 18.9 Å². The van der Waals surface area contributed by atoms with Crippen molar-refractivity contribution in [2.75, 3.05) is 18.6 Å². The van der Waals surface area contributed by atoms with Crippen molar-refractivity contribution in [2.24, 2.45) is 0 Å². The zero-order valence-electron chi connectivity index (χ0n) is 14.5. The number of hydrogen-bond acceptors (Lipinski definition) is 7. The molecule has 134 valence electrons. The summed E-state index contributed by atoms with van der Waals surface area (Å²) in [6.45, 7) is 1.50. The summed E-state index contributed by atoms with van der Waals surface area (Å²) in [5.41, 5.74) is 2.30. The van der Waals surface area contributed by atoms with E-state index in [0.29, 0.717) is 17.4 Å². The van der Waals surface area contributed by atoms with Crippen LogP contribution in [0.4, 0.5) is 11.6 Å². The Morgan fingerprint density at radius 1 is 1.31 bits per heavy atom. The summed E-state index contributed by atoms with van der Waals surface area (Å²) in [7, 11) is 1.91. The number of aryl methyl sites for hydroxylation is 1. The molecule has 1 aliphatic heterocycles. The van der Waals surface area contributed by atoms with Crippen LogP contribution in [0.25, 0.3) is 5.65 Å². The first kappa shape index (κ1) is 16.6. The van der Waals surface area contributed by atoms with Crippen LogP contribution in [0.5, 0.6) is 0 Å². The molecule has 0 aliphatic carbocycles. The molecule has 3 heterocycles. The maximum Gasteiger partial charge on any atom is 0.234 e. The second-order valence-corrected chi connectivity index (χ2v) is 6.27. The highest BCUT2D eigenvalue weighted by Gasteiger charge is 2.36. The molecule has 0 bridgehead atoms. The molecule has 2 aromatic heterocycles. The van der Waals surface area contributed by atoms with E-state index in [-0.39, 0.29) is 18.8 Å². The van der Waals surface area contributed by atoms with Gasteiger partial charge in [0.15, 0.2) is 11.4 Å². The number of aliphatic hydroxyl groups is 1. The molecule has 1 aromatic carbocycles. The molecule has 1 fully saturated rings. The van der Waals surface area contributed by atoms with Gasteiger partial charge in [0, 0.05) is 24.7 Å². The normalized spacial score (nSPS) is 20.0. The number of ketones is 1. The second-order valence-electron chi connectivity index (χ2n) is 6.27. The number of nitrogens with zero attached hydrogens (tertiary/aromatic N) is 5. The van der Waals surface area contributed by atoms with Crippen molar-refractivity contribution < 1.29 is 14.6 Å². The number of fused-ring (bicyclic) bond motifs is 1. The highest BCUT2D eigenvalue weighted by molar-refractivity contribution is 5.86. The van der Waals surface area contributed by atoms with Gasteiger partial charge in [-0.2, -0.15) is 14.6 Å². The zero-order valence-corrected chi connectivity index (χ0v) is 14.5. The number of hydrogen-bond donors (Lipinski definition) is 1. The molecule has 1 saturated heterocycles. The van der Waals surface area contributed by atoms with Gasteiger partial charge in [-0.25, -0.2) is 4.98 Å². The average Bonchev–Trinajstić information content (AvgIpc) is 3.24. The predicted octanol–water partition coefficient (Wildman–Crippen LogP) is 1.59. The summed E-state index contributed by atoms with van der Waals surface area (Å²) in [5, 5.41) is 13.7. The van der Waals surface area contributed by atoms with Gasteiger partial charge in [-0.1, -0.05) is 18.2 Å². The Bertz CT molecular complexity index is 956. The summed E-state index contributed by atoms with van der Waals surface area (Å²) < 4.78 is 7.32. The molecule has 4 rings (SSSR count). The Labute approximate surface area is 150 Å². The van der Waals surface area contributed by atoms with E-state index in [0.717, 1.165) is 11.3 Å². The largest absolute Gasteiger partial charge is 0.393 e. The number of aliphatic hydroxyl groups excluding tert-OH is 1. The highest BCUT2D eigenvalue weighted by Crippen LogP contribution is 2.33. The second kappa shape index (κ2) is 6.47. The number of benzene rings is 1. The lowest BCUT2D eigenvalue weighted by molar-refractivity contribution is -0.124. The quantitative estimate of drug-likeness (QED) is 0.761. The molecule has 8 heteroatoms. The molecular weight excluding hydrogens is 334 g/mol. The van der Waals surface area contributed by atoms with Crippen molar-refractivity contribution in [3.63, 3.8) is 0 Å². The fourth-order valence-corrected chi connectivity index (χ4v) is 3.16. The van der Waals surface area contributed by atoms with Crippen LogP contribution < -0.4 is 4.90 Å². The van der Waals surface area contributed by atoms with E-state index in [1.54, 1.807) is 10.7 Å². The smallest absolute Gasteiger partial charge is 0.234 e. The van der Waals surface area contributed by atoms with E-state index in [2.05, 4.69) is 15.1 Å².